The average Bonchev–Trinajstić information content (AvgIpc) is 3.06. The summed E-state index contributed by atoms with van der Waals surface area (Å²) in [6.07, 6.45) is 0. The molecule has 0 fully saturated rings. The molecule has 1 aliphatic rings. The van der Waals surface area contributed by atoms with Gasteiger partial charge in [0.2, 0.25) is 0 Å². The number of nitrogens with one attached hydrogen (secondary N) is 1. The third-order valence-corrected chi connectivity index (χ3v) is 5.25. The standard InChI is InChI=1S/C20H17NO5S/c1-2-24-20(23)18-17(13-5-3-4-6-16(13)27-18)21-19(22)12-7-8-14-15(11-12)26-10-9-25-14/h3-8,11H,2,9-10H2,1H3,(H,21,22). The SMILES string of the molecule is CCOC(=O)c1sc2ccccc2c1NC(=O)c1ccc2c(c1)OCCO2. The number of hydrogen-bond acceptors (Lipinski definition) is 6. The van der Waals surface area contributed by atoms with Crippen molar-refractivity contribution < 1.29 is 23.8 Å². The first-order chi connectivity index (χ1) is 13.2. The molecule has 1 aliphatic heterocycles. The summed E-state index contributed by atoms with van der Waals surface area (Å²) < 4.78 is 17.1. The molecule has 27 heavy (non-hydrogen) atoms. The van der Waals surface area contributed by atoms with Crippen LogP contribution in [0.5, 0.6) is 11.5 Å². The third-order valence-electron chi connectivity index (χ3n) is 4.10. The maximum absolute atomic E-state index is 12.8. The molecule has 6 nitrogen and oxygen atoms in total. The van der Waals surface area contributed by atoms with E-state index in [4.69, 9.17) is 14.2 Å². The van der Waals surface area contributed by atoms with E-state index in [2.05, 4.69) is 5.32 Å². The van der Waals surface area contributed by atoms with E-state index in [9.17, 15) is 9.59 Å². The van der Waals surface area contributed by atoms with Crippen molar-refractivity contribution >= 4 is 39.0 Å². The molecule has 0 atom stereocenters. The van der Waals surface area contributed by atoms with Crippen LogP contribution in [0.4, 0.5) is 5.69 Å². The van der Waals surface area contributed by atoms with Crippen molar-refractivity contribution in [1.82, 2.24) is 0 Å². The quantitative estimate of drug-likeness (QED) is 0.687. The summed E-state index contributed by atoms with van der Waals surface area (Å²) in [5.74, 6) is 0.373. The Morgan fingerprint density at radius 1 is 1.11 bits per heavy atom. The van der Waals surface area contributed by atoms with Crippen molar-refractivity contribution in [3.63, 3.8) is 0 Å². The average molecular weight is 383 g/mol. The third kappa shape index (κ3) is 3.33. The molecule has 4 rings (SSSR count). The first-order valence-corrected chi connectivity index (χ1v) is 9.38. The number of carbonyl (C=O) groups is 2. The molecular formula is C20H17NO5S. The van der Waals surface area contributed by atoms with Gasteiger partial charge in [-0.25, -0.2) is 4.79 Å². The van der Waals surface area contributed by atoms with Gasteiger partial charge < -0.3 is 19.5 Å². The summed E-state index contributed by atoms with van der Waals surface area (Å²) in [5, 5.41) is 3.67. The van der Waals surface area contributed by atoms with Gasteiger partial charge >= 0.3 is 5.97 Å². The summed E-state index contributed by atoms with van der Waals surface area (Å²) >= 11 is 1.30. The number of benzene rings is 2. The van der Waals surface area contributed by atoms with Crippen molar-refractivity contribution in [3.05, 3.63) is 52.9 Å². The van der Waals surface area contributed by atoms with Crippen LogP contribution in [0.1, 0.15) is 27.0 Å². The highest BCUT2D eigenvalue weighted by Gasteiger charge is 2.22. The molecule has 138 valence electrons. The number of hydrogen-bond donors (Lipinski definition) is 1. The molecule has 2 heterocycles. The van der Waals surface area contributed by atoms with Crippen LogP contribution in [0.2, 0.25) is 0 Å². The fourth-order valence-corrected chi connectivity index (χ4v) is 3.93. The van der Waals surface area contributed by atoms with Crippen LogP contribution in [0.3, 0.4) is 0 Å². The summed E-state index contributed by atoms with van der Waals surface area (Å²) in [6, 6.07) is 12.5. The predicted octanol–water partition coefficient (Wildman–Crippen LogP) is 4.10. The lowest BCUT2D eigenvalue weighted by Gasteiger charge is -2.18. The maximum atomic E-state index is 12.8. The van der Waals surface area contributed by atoms with Gasteiger partial charge in [-0.05, 0) is 31.2 Å². The number of thiophene rings is 1. The molecule has 0 radical (unpaired) electrons. The van der Waals surface area contributed by atoms with E-state index in [1.54, 1.807) is 25.1 Å². The zero-order valence-corrected chi connectivity index (χ0v) is 15.4. The van der Waals surface area contributed by atoms with Gasteiger partial charge in [0.15, 0.2) is 11.5 Å². The largest absolute Gasteiger partial charge is 0.486 e. The zero-order chi connectivity index (χ0) is 18.8. The lowest BCUT2D eigenvalue weighted by molar-refractivity contribution is 0.0533. The summed E-state index contributed by atoms with van der Waals surface area (Å²) in [4.78, 5) is 25.5. The zero-order valence-electron chi connectivity index (χ0n) is 14.6. The number of ether oxygens (including phenoxy) is 3. The number of fused-ring (bicyclic) bond motifs is 2. The first kappa shape index (κ1) is 17.4. The van der Waals surface area contributed by atoms with Crippen molar-refractivity contribution in [3.8, 4) is 11.5 Å². The second kappa shape index (κ2) is 7.28. The van der Waals surface area contributed by atoms with E-state index >= 15 is 0 Å². The van der Waals surface area contributed by atoms with Gasteiger partial charge in [-0.3, -0.25) is 4.79 Å². The summed E-state index contributed by atoms with van der Waals surface area (Å²) in [6.45, 7) is 2.95. The molecule has 1 aromatic heterocycles. The van der Waals surface area contributed by atoms with Gasteiger partial charge in [0.25, 0.3) is 5.91 Å². The molecule has 7 heteroatoms. The fraction of sp³-hybridized carbons (Fsp3) is 0.200. The fourth-order valence-electron chi connectivity index (χ4n) is 2.88. The predicted molar refractivity (Wildman–Crippen MR) is 103 cm³/mol. The monoisotopic (exact) mass is 383 g/mol. The highest BCUT2D eigenvalue weighted by atomic mass is 32.1. The van der Waals surface area contributed by atoms with Crippen molar-refractivity contribution in [2.24, 2.45) is 0 Å². The second-order valence-corrected chi connectivity index (χ2v) is 6.89. The van der Waals surface area contributed by atoms with Gasteiger partial charge in [0, 0.05) is 15.6 Å². The molecule has 1 amide bonds. The number of carbonyl (C=O) groups excluding carboxylic acids is 2. The molecule has 0 aliphatic carbocycles. The smallest absolute Gasteiger partial charge is 0.350 e. The number of rotatable bonds is 4. The van der Waals surface area contributed by atoms with Crippen LogP contribution in [0.15, 0.2) is 42.5 Å². The molecule has 1 N–H and O–H groups in total. The summed E-state index contributed by atoms with van der Waals surface area (Å²) in [7, 11) is 0. The highest BCUT2D eigenvalue weighted by molar-refractivity contribution is 7.21. The second-order valence-electron chi connectivity index (χ2n) is 5.84. The Kier molecular flexibility index (Phi) is 4.68. The van der Waals surface area contributed by atoms with E-state index in [1.807, 2.05) is 24.3 Å². The Bertz CT molecular complexity index is 1030. The lowest BCUT2D eigenvalue weighted by Crippen LogP contribution is -2.18. The van der Waals surface area contributed by atoms with Crippen LogP contribution < -0.4 is 14.8 Å². The van der Waals surface area contributed by atoms with E-state index in [1.165, 1.54) is 11.3 Å². The van der Waals surface area contributed by atoms with Crippen LogP contribution in [0, 0.1) is 0 Å². The normalized spacial score (nSPS) is 12.6. The van der Waals surface area contributed by atoms with Crippen molar-refractivity contribution in [1.29, 1.82) is 0 Å². The molecule has 2 aromatic carbocycles. The minimum atomic E-state index is -0.448. The first-order valence-electron chi connectivity index (χ1n) is 8.57. The Labute approximate surface area is 159 Å². The summed E-state index contributed by atoms with van der Waals surface area (Å²) in [5.41, 5.74) is 0.887. The molecule has 0 bridgehead atoms. The number of amides is 1. The van der Waals surface area contributed by atoms with Gasteiger partial charge in [0.05, 0.1) is 12.3 Å². The number of esters is 1. The van der Waals surface area contributed by atoms with Gasteiger partial charge in [-0.15, -0.1) is 11.3 Å². The molecule has 0 saturated carbocycles. The van der Waals surface area contributed by atoms with Crippen molar-refractivity contribution in [2.75, 3.05) is 25.1 Å². The maximum Gasteiger partial charge on any atom is 0.350 e. The molecule has 3 aromatic rings. The van der Waals surface area contributed by atoms with Gasteiger partial charge in [-0.1, -0.05) is 18.2 Å². The molecule has 0 unspecified atom stereocenters. The van der Waals surface area contributed by atoms with Crippen LogP contribution in [0.25, 0.3) is 10.1 Å². The van der Waals surface area contributed by atoms with E-state index in [0.717, 1.165) is 10.1 Å². The van der Waals surface area contributed by atoms with Crippen LogP contribution in [-0.2, 0) is 4.74 Å². The Morgan fingerprint density at radius 2 is 1.89 bits per heavy atom. The van der Waals surface area contributed by atoms with Gasteiger partial charge in [0.1, 0.15) is 18.1 Å². The Hall–Kier alpha value is -3.06. The lowest BCUT2D eigenvalue weighted by atomic mass is 10.1. The molecule has 0 saturated heterocycles. The van der Waals surface area contributed by atoms with Crippen molar-refractivity contribution in [2.45, 2.75) is 6.92 Å². The van der Waals surface area contributed by atoms with E-state index in [0.29, 0.717) is 40.8 Å². The van der Waals surface area contributed by atoms with E-state index in [-0.39, 0.29) is 12.5 Å². The number of anilines is 1. The van der Waals surface area contributed by atoms with Crippen LogP contribution in [-0.4, -0.2) is 31.7 Å². The highest BCUT2D eigenvalue weighted by Crippen LogP contribution is 2.37. The molecular weight excluding hydrogens is 366 g/mol. The van der Waals surface area contributed by atoms with Gasteiger partial charge in [-0.2, -0.15) is 0 Å². The van der Waals surface area contributed by atoms with E-state index < -0.39 is 5.97 Å². The minimum Gasteiger partial charge on any atom is -0.486 e. The van der Waals surface area contributed by atoms with Crippen LogP contribution >= 0.6 is 11.3 Å². The topological polar surface area (TPSA) is 73.9 Å². The Balaban J connectivity index is 1.69. The molecule has 0 spiro atoms. The minimum absolute atomic E-state index is 0.266. The Morgan fingerprint density at radius 3 is 2.70 bits per heavy atom.